The van der Waals surface area contributed by atoms with E-state index in [2.05, 4.69) is 22.1 Å². The zero-order chi connectivity index (χ0) is 32.3. The van der Waals surface area contributed by atoms with E-state index in [4.69, 9.17) is 18.6 Å². The molecule has 2 aromatic heterocycles. The molecule has 3 atom stereocenters. The number of benzene rings is 2. The fourth-order valence-electron chi connectivity index (χ4n) is 6.88. The van der Waals surface area contributed by atoms with E-state index >= 15 is 0 Å². The number of rotatable bonds is 12. The molecule has 4 N–H and O–H groups in total. The molecule has 10 heteroatoms. The summed E-state index contributed by atoms with van der Waals surface area (Å²) in [5, 5.41) is 26.2. The molecule has 6 rings (SSSR count). The Morgan fingerprint density at radius 2 is 2.00 bits per heavy atom. The molecular weight excluding hydrogens is 586 g/mol. The smallest absolute Gasteiger partial charge is 0.267 e. The van der Waals surface area contributed by atoms with Crippen LogP contribution in [0.4, 0.5) is 0 Å². The molecular formula is C36H47N3O7. The maximum Gasteiger partial charge on any atom is 0.267 e. The van der Waals surface area contributed by atoms with Crippen molar-refractivity contribution in [1.82, 2.24) is 15.2 Å². The van der Waals surface area contributed by atoms with Crippen LogP contribution < -0.4 is 14.8 Å². The van der Waals surface area contributed by atoms with Crippen molar-refractivity contribution >= 4 is 27.8 Å². The van der Waals surface area contributed by atoms with Crippen molar-refractivity contribution in [3.63, 3.8) is 0 Å². The number of aromatic amines is 1. The maximum atomic E-state index is 13.3. The van der Waals surface area contributed by atoms with E-state index in [1.54, 1.807) is 13.4 Å². The van der Waals surface area contributed by atoms with Crippen LogP contribution in [0.3, 0.4) is 0 Å². The lowest BCUT2D eigenvalue weighted by molar-refractivity contribution is -0.0272. The van der Waals surface area contributed by atoms with E-state index in [9.17, 15) is 15.0 Å². The van der Waals surface area contributed by atoms with Gasteiger partial charge in [-0.3, -0.25) is 4.79 Å². The monoisotopic (exact) mass is 633 g/mol. The van der Waals surface area contributed by atoms with Crippen molar-refractivity contribution in [2.24, 2.45) is 5.92 Å². The number of nitrogens with one attached hydrogen (secondary N) is 2. The number of hydrogen-bond acceptors (Lipinski definition) is 8. The van der Waals surface area contributed by atoms with Gasteiger partial charge in [0, 0.05) is 60.7 Å². The molecule has 1 saturated carbocycles. The number of hydrogen-bond donors (Lipinski definition) is 4. The molecule has 3 heterocycles. The summed E-state index contributed by atoms with van der Waals surface area (Å²) in [6, 6.07) is 13.4. The molecule has 1 aliphatic carbocycles. The summed E-state index contributed by atoms with van der Waals surface area (Å²) < 4.78 is 23.1. The summed E-state index contributed by atoms with van der Waals surface area (Å²) in [6.45, 7) is 7.44. The molecule has 1 amide bonds. The van der Waals surface area contributed by atoms with Gasteiger partial charge in [-0.1, -0.05) is 13.0 Å². The second kappa shape index (κ2) is 14.0. The lowest BCUT2D eigenvalue weighted by Gasteiger charge is -2.39. The predicted octanol–water partition coefficient (Wildman–Crippen LogP) is 5.40. The van der Waals surface area contributed by atoms with Gasteiger partial charge in [-0.15, -0.1) is 0 Å². The lowest BCUT2D eigenvalue weighted by atomic mass is 9.80. The number of furan rings is 1. The van der Waals surface area contributed by atoms with Gasteiger partial charge in [0.15, 0.2) is 0 Å². The van der Waals surface area contributed by atoms with Crippen molar-refractivity contribution in [2.75, 3.05) is 33.4 Å². The van der Waals surface area contributed by atoms with Crippen LogP contribution in [0.5, 0.6) is 11.5 Å². The van der Waals surface area contributed by atoms with Gasteiger partial charge in [0.25, 0.3) is 5.91 Å². The Morgan fingerprint density at radius 1 is 1.17 bits per heavy atom. The summed E-state index contributed by atoms with van der Waals surface area (Å²) in [5.41, 5.74) is 2.24. The van der Waals surface area contributed by atoms with Crippen LogP contribution in [-0.4, -0.2) is 83.2 Å². The van der Waals surface area contributed by atoms with Crippen molar-refractivity contribution < 1.29 is 33.6 Å². The first-order valence-corrected chi connectivity index (χ1v) is 16.5. The molecule has 0 spiro atoms. The zero-order valence-corrected chi connectivity index (χ0v) is 27.1. The van der Waals surface area contributed by atoms with Crippen LogP contribution in [0.15, 0.2) is 53.1 Å². The minimum absolute atomic E-state index is 0.0172. The van der Waals surface area contributed by atoms with Gasteiger partial charge in [-0.25, -0.2) is 0 Å². The Kier molecular flexibility index (Phi) is 9.89. The average molecular weight is 634 g/mol. The molecule has 0 bridgehead atoms. The standard InChI is InChI=1S/C36H47N3O7/c1-23-19-39(15-11-32(23)40)16-14-36(42)12-9-26(10-13-36)37-35(41)31-18-29-30(38-31)5-4-6-33(29)44-21-25-22-45-34-17-27(7-8-28(25)34)46-24(2)20-43-3/h4-8,17-18,22-24,26,32,38,40,42H,9-16,19-21H2,1-3H3,(H,37,41)/t23-,24?,26?,32-,36?/m0/s1. The van der Waals surface area contributed by atoms with Crippen LogP contribution >= 0.6 is 0 Å². The number of aliphatic hydroxyl groups excluding tert-OH is 1. The number of carbonyl (C=O) groups is 1. The van der Waals surface area contributed by atoms with E-state index in [1.165, 1.54) is 0 Å². The second-order valence-corrected chi connectivity index (χ2v) is 13.3. The summed E-state index contributed by atoms with van der Waals surface area (Å²) in [6.07, 6.45) is 5.74. The topological polar surface area (TPSA) is 129 Å². The van der Waals surface area contributed by atoms with Crippen molar-refractivity contribution in [2.45, 2.75) is 82.8 Å². The number of methoxy groups -OCH3 is 1. The Morgan fingerprint density at radius 3 is 2.78 bits per heavy atom. The minimum Gasteiger partial charge on any atom is -0.488 e. The number of fused-ring (bicyclic) bond motifs is 2. The number of amides is 1. The Balaban J connectivity index is 1.02. The first kappa shape index (κ1) is 32.4. The largest absolute Gasteiger partial charge is 0.488 e. The van der Waals surface area contributed by atoms with Gasteiger partial charge in [0.2, 0.25) is 0 Å². The predicted molar refractivity (Wildman–Crippen MR) is 176 cm³/mol. The van der Waals surface area contributed by atoms with Gasteiger partial charge in [0.05, 0.1) is 24.6 Å². The quantitative estimate of drug-likeness (QED) is 0.163. The van der Waals surface area contributed by atoms with Gasteiger partial charge in [-0.2, -0.15) is 0 Å². The summed E-state index contributed by atoms with van der Waals surface area (Å²) >= 11 is 0. The minimum atomic E-state index is -0.701. The summed E-state index contributed by atoms with van der Waals surface area (Å²) in [7, 11) is 1.65. The number of ether oxygens (including phenoxy) is 3. The molecule has 1 aliphatic heterocycles. The van der Waals surface area contributed by atoms with E-state index in [0.717, 1.165) is 78.5 Å². The van der Waals surface area contributed by atoms with E-state index in [-0.39, 0.29) is 30.1 Å². The number of aromatic nitrogens is 1. The second-order valence-electron chi connectivity index (χ2n) is 13.3. The van der Waals surface area contributed by atoms with Crippen LogP contribution in [0.25, 0.3) is 21.9 Å². The third-order valence-electron chi connectivity index (χ3n) is 9.71. The first-order valence-electron chi connectivity index (χ1n) is 16.5. The van der Waals surface area contributed by atoms with Gasteiger partial charge >= 0.3 is 0 Å². The molecule has 1 unspecified atom stereocenters. The summed E-state index contributed by atoms with van der Waals surface area (Å²) in [4.78, 5) is 18.9. The average Bonchev–Trinajstić information content (AvgIpc) is 3.66. The number of piperidine rings is 1. The number of carbonyl (C=O) groups excluding carboxylic acids is 1. The number of aliphatic hydroxyl groups is 2. The summed E-state index contributed by atoms with van der Waals surface area (Å²) in [5.74, 6) is 1.51. The fraction of sp³-hybridized carbons (Fsp3) is 0.528. The molecule has 46 heavy (non-hydrogen) atoms. The fourth-order valence-corrected chi connectivity index (χ4v) is 6.88. The van der Waals surface area contributed by atoms with Crippen molar-refractivity contribution in [1.29, 1.82) is 0 Å². The highest BCUT2D eigenvalue weighted by Crippen LogP contribution is 2.33. The lowest BCUT2D eigenvalue weighted by Crippen LogP contribution is -2.47. The van der Waals surface area contributed by atoms with E-state index in [1.807, 2.05) is 49.4 Å². The zero-order valence-electron chi connectivity index (χ0n) is 27.1. The third-order valence-corrected chi connectivity index (χ3v) is 9.71. The molecule has 2 fully saturated rings. The number of H-pyrrole nitrogens is 1. The number of nitrogens with zero attached hydrogens (tertiary/aromatic N) is 1. The molecule has 10 nitrogen and oxygen atoms in total. The molecule has 2 aliphatic rings. The molecule has 1 saturated heterocycles. The van der Waals surface area contributed by atoms with E-state index < -0.39 is 5.60 Å². The van der Waals surface area contributed by atoms with Crippen LogP contribution in [-0.2, 0) is 11.3 Å². The van der Waals surface area contributed by atoms with E-state index in [0.29, 0.717) is 37.5 Å². The van der Waals surface area contributed by atoms with Gasteiger partial charge in [0.1, 0.15) is 35.5 Å². The number of likely N-dealkylation sites (tertiary alicyclic amines) is 1. The van der Waals surface area contributed by atoms with Crippen LogP contribution in [0, 0.1) is 5.92 Å². The van der Waals surface area contributed by atoms with Crippen LogP contribution in [0.2, 0.25) is 0 Å². The highest BCUT2D eigenvalue weighted by molar-refractivity contribution is 5.99. The van der Waals surface area contributed by atoms with Gasteiger partial charge in [-0.05, 0) is 81.7 Å². The van der Waals surface area contributed by atoms with Crippen molar-refractivity contribution in [3.05, 3.63) is 60.0 Å². The first-order chi connectivity index (χ1) is 22.2. The SMILES string of the molecule is COCC(C)Oc1ccc2c(COc3cccc4[nH]c(C(=O)NC5CCC(O)(CCN6CC[C@H](O)[C@@H](C)C6)CC5)cc34)coc2c1. The normalized spacial score (nSPS) is 24.7. The molecule has 4 aromatic rings. The highest BCUT2D eigenvalue weighted by atomic mass is 16.5. The highest BCUT2D eigenvalue weighted by Gasteiger charge is 2.35. The molecule has 0 radical (unpaired) electrons. The third kappa shape index (κ3) is 7.52. The van der Waals surface area contributed by atoms with Crippen molar-refractivity contribution in [3.8, 4) is 11.5 Å². The Labute approximate surface area is 270 Å². The van der Waals surface area contributed by atoms with Gasteiger partial charge < -0.3 is 44.0 Å². The maximum absolute atomic E-state index is 13.3. The molecule has 248 valence electrons. The Hall–Kier alpha value is -3.57. The van der Waals surface area contributed by atoms with Crippen LogP contribution in [0.1, 0.15) is 68.4 Å². The Bertz CT molecular complexity index is 1620. The molecule has 2 aromatic carbocycles.